The zero-order valence-corrected chi connectivity index (χ0v) is 18.6. The van der Waals surface area contributed by atoms with Gasteiger partial charge in [-0.3, -0.25) is 9.59 Å². The van der Waals surface area contributed by atoms with Crippen LogP contribution >= 0.6 is 0 Å². The first-order valence-electron chi connectivity index (χ1n) is 10.4. The molecule has 2 rings (SSSR count). The van der Waals surface area contributed by atoms with Gasteiger partial charge in [0.2, 0.25) is 11.8 Å². The van der Waals surface area contributed by atoms with Gasteiger partial charge >= 0.3 is 0 Å². The summed E-state index contributed by atoms with van der Waals surface area (Å²) < 4.78 is 0. The minimum Gasteiger partial charge on any atom is -0.354 e. The second kappa shape index (κ2) is 10.2. The van der Waals surface area contributed by atoms with Crippen LogP contribution in [-0.2, 0) is 22.6 Å². The van der Waals surface area contributed by atoms with E-state index in [0.717, 1.165) is 22.3 Å². The first-order chi connectivity index (χ1) is 13.7. The van der Waals surface area contributed by atoms with Gasteiger partial charge < -0.3 is 10.2 Å². The molecule has 0 saturated carbocycles. The van der Waals surface area contributed by atoms with E-state index in [9.17, 15) is 9.59 Å². The molecule has 0 bridgehead atoms. The molecule has 0 saturated heterocycles. The molecule has 0 aliphatic carbocycles. The van der Waals surface area contributed by atoms with E-state index in [0.29, 0.717) is 25.4 Å². The van der Waals surface area contributed by atoms with Crippen molar-refractivity contribution in [2.45, 2.75) is 60.5 Å². The molecular weight excluding hydrogens is 360 g/mol. The number of aryl methyl sites for hydroxylation is 3. The molecule has 4 heteroatoms. The summed E-state index contributed by atoms with van der Waals surface area (Å²) >= 11 is 0. The highest BCUT2D eigenvalue weighted by Crippen LogP contribution is 2.16. The summed E-state index contributed by atoms with van der Waals surface area (Å²) in [5.41, 5.74) is 5.43. The van der Waals surface area contributed by atoms with Crippen LogP contribution in [0.2, 0.25) is 0 Å². The van der Waals surface area contributed by atoms with E-state index in [1.54, 1.807) is 4.90 Å². The van der Waals surface area contributed by atoms with Gasteiger partial charge in [-0.2, -0.15) is 0 Å². The summed E-state index contributed by atoms with van der Waals surface area (Å²) in [6.45, 7) is 13.0. The molecule has 0 aliphatic rings. The molecule has 0 spiro atoms. The zero-order valence-electron chi connectivity index (χ0n) is 18.6. The van der Waals surface area contributed by atoms with Crippen LogP contribution in [0.3, 0.4) is 0 Å². The fourth-order valence-electron chi connectivity index (χ4n) is 3.18. The molecule has 0 aliphatic heterocycles. The molecule has 0 aromatic heterocycles. The highest BCUT2D eigenvalue weighted by molar-refractivity contribution is 5.88. The third kappa shape index (κ3) is 6.74. The third-order valence-electron chi connectivity index (χ3n) is 5.17. The van der Waals surface area contributed by atoms with Crippen molar-refractivity contribution in [3.05, 3.63) is 70.3 Å². The van der Waals surface area contributed by atoms with Crippen molar-refractivity contribution >= 4 is 11.8 Å². The van der Waals surface area contributed by atoms with Crippen molar-refractivity contribution in [1.82, 2.24) is 10.2 Å². The first-order valence-corrected chi connectivity index (χ1v) is 10.4. The van der Waals surface area contributed by atoms with Crippen molar-refractivity contribution in [3.8, 4) is 0 Å². The average molecular weight is 395 g/mol. The van der Waals surface area contributed by atoms with Crippen LogP contribution in [0.25, 0.3) is 0 Å². The number of nitrogens with zero attached hydrogens (tertiary/aromatic N) is 1. The molecule has 29 heavy (non-hydrogen) atoms. The fourth-order valence-corrected chi connectivity index (χ4v) is 3.18. The van der Waals surface area contributed by atoms with Gasteiger partial charge in [-0.05, 0) is 50.3 Å². The van der Waals surface area contributed by atoms with E-state index in [4.69, 9.17) is 0 Å². The third-order valence-corrected chi connectivity index (χ3v) is 5.17. The van der Waals surface area contributed by atoms with Gasteiger partial charge in [-0.25, -0.2) is 0 Å². The number of hydrogen-bond donors (Lipinski definition) is 1. The molecule has 0 heterocycles. The number of amides is 2. The SMILES string of the molecule is Cc1ccc(CN(C(=O)Cc2cc(C)ccc2C)[C@H](C)C(=O)NCC(C)C)cc1. The van der Waals surface area contributed by atoms with E-state index in [-0.39, 0.29) is 11.8 Å². The molecule has 0 unspecified atom stereocenters. The molecule has 0 fully saturated rings. The molecule has 2 aromatic carbocycles. The maximum absolute atomic E-state index is 13.3. The number of nitrogens with one attached hydrogen (secondary N) is 1. The Morgan fingerprint density at radius 2 is 1.55 bits per heavy atom. The summed E-state index contributed by atoms with van der Waals surface area (Å²) in [6.07, 6.45) is 0.293. The van der Waals surface area contributed by atoms with Crippen LogP contribution in [0.15, 0.2) is 42.5 Å². The summed E-state index contributed by atoms with van der Waals surface area (Å²) in [7, 11) is 0. The number of benzene rings is 2. The van der Waals surface area contributed by atoms with E-state index >= 15 is 0 Å². The van der Waals surface area contributed by atoms with Gasteiger partial charge in [0, 0.05) is 13.1 Å². The largest absolute Gasteiger partial charge is 0.354 e. The summed E-state index contributed by atoms with van der Waals surface area (Å²) in [4.78, 5) is 27.7. The molecule has 2 aromatic rings. The number of carbonyl (C=O) groups is 2. The number of carbonyl (C=O) groups excluding carboxylic acids is 2. The van der Waals surface area contributed by atoms with E-state index in [1.165, 1.54) is 5.56 Å². The Balaban J connectivity index is 2.24. The Morgan fingerprint density at radius 3 is 2.17 bits per heavy atom. The quantitative estimate of drug-likeness (QED) is 0.724. The lowest BCUT2D eigenvalue weighted by Crippen LogP contribution is -2.48. The van der Waals surface area contributed by atoms with Crippen molar-refractivity contribution in [2.75, 3.05) is 6.54 Å². The molecule has 1 N–H and O–H groups in total. The van der Waals surface area contributed by atoms with Crippen LogP contribution in [0, 0.1) is 26.7 Å². The van der Waals surface area contributed by atoms with Crippen LogP contribution < -0.4 is 5.32 Å². The smallest absolute Gasteiger partial charge is 0.242 e. The summed E-state index contributed by atoms with van der Waals surface area (Å²) in [5, 5.41) is 2.96. The van der Waals surface area contributed by atoms with Gasteiger partial charge in [0.05, 0.1) is 6.42 Å². The first kappa shape index (κ1) is 22.7. The molecule has 1 atom stereocenters. The lowest BCUT2D eigenvalue weighted by atomic mass is 10.0. The normalized spacial score (nSPS) is 12.0. The maximum atomic E-state index is 13.3. The van der Waals surface area contributed by atoms with Crippen molar-refractivity contribution in [1.29, 1.82) is 0 Å². The Kier molecular flexibility index (Phi) is 8.00. The minimum absolute atomic E-state index is 0.0357. The highest BCUT2D eigenvalue weighted by Gasteiger charge is 2.26. The van der Waals surface area contributed by atoms with Crippen molar-refractivity contribution < 1.29 is 9.59 Å². The second-order valence-electron chi connectivity index (χ2n) is 8.43. The van der Waals surface area contributed by atoms with Crippen molar-refractivity contribution in [2.24, 2.45) is 5.92 Å². The van der Waals surface area contributed by atoms with Crippen LogP contribution in [-0.4, -0.2) is 29.3 Å². The van der Waals surface area contributed by atoms with Crippen LogP contribution in [0.5, 0.6) is 0 Å². The van der Waals surface area contributed by atoms with Crippen molar-refractivity contribution in [3.63, 3.8) is 0 Å². The topological polar surface area (TPSA) is 49.4 Å². The van der Waals surface area contributed by atoms with Gasteiger partial charge in [0.25, 0.3) is 0 Å². The van der Waals surface area contributed by atoms with Gasteiger partial charge in [0.1, 0.15) is 6.04 Å². The Hall–Kier alpha value is -2.62. The molecule has 4 nitrogen and oxygen atoms in total. The maximum Gasteiger partial charge on any atom is 0.242 e. The molecule has 2 amide bonds. The average Bonchev–Trinajstić information content (AvgIpc) is 2.67. The fraction of sp³-hybridized carbons (Fsp3) is 0.440. The lowest BCUT2D eigenvalue weighted by Gasteiger charge is -2.29. The zero-order chi connectivity index (χ0) is 21.6. The molecule has 156 valence electrons. The second-order valence-corrected chi connectivity index (χ2v) is 8.43. The minimum atomic E-state index is -0.535. The lowest BCUT2D eigenvalue weighted by molar-refractivity contribution is -0.140. The molecule has 0 radical (unpaired) electrons. The standard InChI is InChI=1S/C25H34N2O2/c1-17(2)15-26-25(29)21(6)27(16-22-11-8-18(3)9-12-22)24(28)14-23-13-19(4)7-10-20(23)5/h7-13,17,21H,14-16H2,1-6H3,(H,26,29)/t21-/m1/s1. The number of rotatable bonds is 8. The highest BCUT2D eigenvalue weighted by atomic mass is 16.2. The molecular formula is C25H34N2O2. The summed E-state index contributed by atoms with van der Waals surface area (Å²) in [5.74, 6) is 0.217. The summed E-state index contributed by atoms with van der Waals surface area (Å²) in [6, 6.07) is 13.7. The van der Waals surface area contributed by atoms with E-state index < -0.39 is 6.04 Å². The Labute approximate surface area is 175 Å². The number of hydrogen-bond acceptors (Lipinski definition) is 2. The predicted octanol–water partition coefficient (Wildman–Crippen LogP) is 4.34. The Morgan fingerprint density at radius 1 is 0.931 bits per heavy atom. The van der Waals surface area contributed by atoms with Gasteiger partial charge in [-0.15, -0.1) is 0 Å². The van der Waals surface area contributed by atoms with E-state index in [2.05, 4.69) is 31.3 Å². The monoisotopic (exact) mass is 394 g/mol. The Bertz CT molecular complexity index is 840. The van der Waals surface area contributed by atoms with Crippen LogP contribution in [0.1, 0.15) is 48.6 Å². The van der Waals surface area contributed by atoms with E-state index in [1.807, 2.05) is 58.0 Å². The van der Waals surface area contributed by atoms with Crippen LogP contribution in [0.4, 0.5) is 0 Å². The van der Waals surface area contributed by atoms with Gasteiger partial charge in [-0.1, -0.05) is 67.4 Å². The van der Waals surface area contributed by atoms with Gasteiger partial charge in [0.15, 0.2) is 0 Å². The predicted molar refractivity (Wildman–Crippen MR) is 119 cm³/mol.